The number of nitrogens with two attached hydrogens (primary N) is 2. The number of hydrogen-bond acceptors (Lipinski definition) is 8. The summed E-state index contributed by atoms with van der Waals surface area (Å²) in [4.78, 5) is 1.92. The van der Waals surface area contributed by atoms with Gasteiger partial charge in [0.1, 0.15) is 5.75 Å². The summed E-state index contributed by atoms with van der Waals surface area (Å²) in [6, 6.07) is 19.0. The van der Waals surface area contributed by atoms with Crippen molar-refractivity contribution in [2.45, 2.75) is 6.92 Å². The first-order valence-electron chi connectivity index (χ1n) is 10.6. The Kier molecular flexibility index (Phi) is 8.02. The molecule has 0 saturated heterocycles. The average Bonchev–Trinajstić information content (AvgIpc) is 2.79. The van der Waals surface area contributed by atoms with Crippen molar-refractivity contribution in [2.75, 3.05) is 59.9 Å². The Hall–Kier alpha value is -3.62. The lowest BCUT2D eigenvalue weighted by Gasteiger charge is -2.23. The molecule has 3 rings (SSSR count). The normalized spacial score (nSPS) is 10.6. The molecule has 0 bridgehead atoms. The molecular formula is C24H31N5O3. The number of nitrogens with zero attached hydrogens (tertiary/aromatic N) is 1. The second-order valence-electron chi connectivity index (χ2n) is 7.22. The zero-order valence-corrected chi connectivity index (χ0v) is 18.2. The fourth-order valence-corrected chi connectivity index (χ4v) is 3.33. The van der Waals surface area contributed by atoms with E-state index >= 15 is 0 Å². The van der Waals surface area contributed by atoms with E-state index in [2.05, 4.69) is 10.6 Å². The van der Waals surface area contributed by atoms with Crippen LogP contribution in [-0.2, 0) is 0 Å². The number of nitrogens with one attached hydrogen (secondary N) is 2. The Bertz CT molecular complexity index is 988. The van der Waals surface area contributed by atoms with Crippen LogP contribution in [-0.4, -0.2) is 43.1 Å². The second kappa shape index (κ2) is 11.1. The number of hydrogen-bond donors (Lipinski definition) is 6. The van der Waals surface area contributed by atoms with Gasteiger partial charge in [-0.3, -0.25) is 0 Å². The maximum atomic E-state index is 9.22. The van der Waals surface area contributed by atoms with Crippen LogP contribution in [0.1, 0.15) is 6.92 Å². The Balaban J connectivity index is 1.75. The summed E-state index contributed by atoms with van der Waals surface area (Å²) in [6.07, 6.45) is 0. The third kappa shape index (κ3) is 5.96. The monoisotopic (exact) mass is 437 g/mol. The number of benzene rings is 3. The zero-order valence-electron chi connectivity index (χ0n) is 18.2. The van der Waals surface area contributed by atoms with Gasteiger partial charge in [0.25, 0.3) is 0 Å². The number of aliphatic hydroxyl groups is 2. The van der Waals surface area contributed by atoms with Gasteiger partial charge in [0.05, 0.1) is 42.6 Å². The van der Waals surface area contributed by atoms with Crippen molar-refractivity contribution >= 4 is 39.8 Å². The van der Waals surface area contributed by atoms with E-state index in [4.69, 9.17) is 16.2 Å². The summed E-state index contributed by atoms with van der Waals surface area (Å²) < 4.78 is 5.48. The molecule has 0 unspecified atom stereocenters. The van der Waals surface area contributed by atoms with Gasteiger partial charge in [-0.05, 0) is 67.6 Å². The summed E-state index contributed by atoms with van der Waals surface area (Å²) in [5, 5.41) is 25.1. The highest BCUT2D eigenvalue weighted by molar-refractivity contribution is 5.85. The van der Waals surface area contributed by atoms with Gasteiger partial charge in [0.15, 0.2) is 0 Å². The molecule has 0 aliphatic heterocycles. The van der Waals surface area contributed by atoms with Gasteiger partial charge in [0.2, 0.25) is 0 Å². The first kappa shape index (κ1) is 23.1. The summed E-state index contributed by atoms with van der Waals surface area (Å²) in [6.45, 7) is 3.52. The topological polar surface area (TPSA) is 129 Å². The average molecular weight is 438 g/mol. The van der Waals surface area contributed by atoms with E-state index in [1.54, 1.807) is 6.07 Å². The van der Waals surface area contributed by atoms with Crippen molar-refractivity contribution in [3.63, 3.8) is 0 Å². The van der Waals surface area contributed by atoms with Gasteiger partial charge in [0, 0.05) is 30.2 Å². The molecule has 0 fully saturated rings. The minimum absolute atomic E-state index is 0.0199. The molecule has 0 amide bonds. The third-order valence-corrected chi connectivity index (χ3v) is 4.92. The predicted octanol–water partition coefficient (Wildman–Crippen LogP) is 3.53. The molecule has 0 aliphatic rings. The lowest BCUT2D eigenvalue weighted by atomic mass is 10.1. The molecule has 3 aromatic rings. The molecule has 3 aromatic carbocycles. The van der Waals surface area contributed by atoms with Crippen molar-refractivity contribution in [3.05, 3.63) is 60.7 Å². The largest absolute Gasteiger partial charge is 0.494 e. The Labute approximate surface area is 188 Å². The summed E-state index contributed by atoms with van der Waals surface area (Å²) >= 11 is 0. The van der Waals surface area contributed by atoms with Gasteiger partial charge in [-0.2, -0.15) is 0 Å². The molecule has 0 saturated carbocycles. The highest BCUT2D eigenvalue weighted by Crippen LogP contribution is 2.34. The maximum Gasteiger partial charge on any atom is 0.119 e. The standard InChI is InChI=1S/C24H31N5O3/c1-2-32-20-9-5-18(6-10-20)28-24-16-23(21(25)15-22(24)26)27-17-3-7-19(8-4-17)29(11-13-30)12-14-31/h3-10,15-16,27-28,30-31H,2,11-14,25-26H2,1H3. The smallest absolute Gasteiger partial charge is 0.119 e. The van der Waals surface area contributed by atoms with Crippen molar-refractivity contribution in [2.24, 2.45) is 0 Å². The van der Waals surface area contributed by atoms with Crippen LogP contribution in [0.3, 0.4) is 0 Å². The van der Waals surface area contributed by atoms with Crippen LogP contribution in [0.25, 0.3) is 0 Å². The minimum Gasteiger partial charge on any atom is -0.494 e. The first-order chi connectivity index (χ1) is 15.5. The molecule has 0 aromatic heterocycles. The van der Waals surface area contributed by atoms with Gasteiger partial charge in [-0.25, -0.2) is 0 Å². The van der Waals surface area contributed by atoms with Crippen LogP contribution >= 0.6 is 0 Å². The maximum absolute atomic E-state index is 9.22. The van der Waals surface area contributed by atoms with E-state index in [9.17, 15) is 10.2 Å². The number of anilines is 7. The van der Waals surface area contributed by atoms with Crippen molar-refractivity contribution in [1.82, 2.24) is 0 Å². The summed E-state index contributed by atoms with van der Waals surface area (Å²) in [5.74, 6) is 0.811. The quantitative estimate of drug-likeness (QED) is 0.251. The zero-order chi connectivity index (χ0) is 22.9. The first-order valence-corrected chi connectivity index (χ1v) is 10.6. The highest BCUT2D eigenvalue weighted by atomic mass is 16.5. The molecule has 0 radical (unpaired) electrons. The van der Waals surface area contributed by atoms with Crippen molar-refractivity contribution < 1.29 is 14.9 Å². The molecule has 0 heterocycles. The molecule has 8 nitrogen and oxygen atoms in total. The molecule has 0 atom stereocenters. The Morgan fingerprint density at radius 2 is 1.28 bits per heavy atom. The number of aliphatic hydroxyl groups excluding tert-OH is 2. The van der Waals surface area contributed by atoms with E-state index in [1.165, 1.54) is 0 Å². The SMILES string of the molecule is CCOc1ccc(Nc2cc(Nc3ccc(N(CCO)CCO)cc3)c(N)cc2N)cc1. The Morgan fingerprint density at radius 3 is 1.75 bits per heavy atom. The fourth-order valence-electron chi connectivity index (χ4n) is 3.33. The van der Waals surface area contributed by atoms with E-state index in [0.29, 0.717) is 31.1 Å². The Morgan fingerprint density at radius 1 is 0.781 bits per heavy atom. The fraction of sp³-hybridized carbons (Fsp3) is 0.250. The number of ether oxygens (including phenoxy) is 1. The molecule has 8 heteroatoms. The van der Waals surface area contributed by atoms with E-state index in [1.807, 2.05) is 66.4 Å². The lowest BCUT2D eigenvalue weighted by Crippen LogP contribution is -2.29. The third-order valence-electron chi connectivity index (χ3n) is 4.92. The van der Waals surface area contributed by atoms with Gasteiger partial charge < -0.3 is 42.0 Å². The van der Waals surface area contributed by atoms with Gasteiger partial charge in [-0.15, -0.1) is 0 Å². The molecule has 32 heavy (non-hydrogen) atoms. The van der Waals surface area contributed by atoms with Gasteiger partial charge in [-0.1, -0.05) is 0 Å². The summed E-state index contributed by atoms with van der Waals surface area (Å²) in [5.41, 5.74) is 17.6. The molecule has 170 valence electrons. The van der Waals surface area contributed by atoms with Crippen LogP contribution in [0.5, 0.6) is 5.75 Å². The lowest BCUT2D eigenvalue weighted by molar-refractivity contribution is 0.281. The van der Waals surface area contributed by atoms with Crippen LogP contribution in [0.15, 0.2) is 60.7 Å². The van der Waals surface area contributed by atoms with Crippen molar-refractivity contribution in [3.8, 4) is 5.75 Å². The van der Waals surface area contributed by atoms with Gasteiger partial charge >= 0.3 is 0 Å². The predicted molar refractivity (Wildman–Crippen MR) is 132 cm³/mol. The number of rotatable bonds is 11. The molecule has 0 aliphatic carbocycles. The van der Waals surface area contributed by atoms with E-state index in [0.717, 1.165) is 34.2 Å². The molecular weight excluding hydrogens is 406 g/mol. The number of nitrogen functional groups attached to an aromatic ring is 2. The van der Waals surface area contributed by atoms with Crippen molar-refractivity contribution in [1.29, 1.82) is 0 Å². The minimum atomic E-state index is 0.0199. The van der Waals surface area contributed by atoms with Crippen LogP contribution in [0.4, 0.5) is 39.8 Å². The highest BCUT2D eigenvalue weighted by Gasteiger charge is 2.09. The van der Waals surface area contributed by atoms with E-state index in [-0.39, 0.29) is 13.2 Å². The van der Waals surface area contributed by atoms with Crippen LogP contribution < -0.4 is 31.7 Å². The summed E-state index contributed by atoms with van der Waals surface area (Å²) in [7, 11) is 0. The van der Waals surface area contributed by atoms with Crippen LogP contribution in [0, 0.1) is 0 Å². The molecule has 8 N–H and O–H groups in total. The van der Waals surface area contributed by atoms with Crippen LogP contribution in [0.2, 0.25) is 0 Å². The molecule has 0 spiro atoms. The van der Waals surface area contributed by atoms with E-state index < -0.39 is 0 Å². The second-order valence-corrected chi connectivity index (χ2v) is 7.22.